The quantitative estimate of drug-likeness (QED) is 0.832. The molecule has 0 unspecified atom stereocenters. The molecule has 2 rings (SSSR count). The first-order valence-corrected chi connectivity index (χ1v) is 6.07. The predicted molar refractivity (Wildman–Crippen MR) is 67.1 cm³/mol. The lowest BCUT2D eigenvalue weighted by Gasteiger charge is -2.06. The van der Waals surface area contributed by atoms with Crippen LogP contribution in [0.3, 0.4) is 0 Å². The van der Waals surface area contributed by atoms with E-state index in [1.807, 2.05) is 38.1 Å². The Morgan fingerprint density at radius 3 is 2.76 bits per heavy atom. The highest BCUT2D eigenvalue weighted by Crippen LogP contribution is 2.21. The Morgan fingerprint density at radius 1 is 1.35 bits per heavy atom. The predicted octanol–water partition coefficient (Wildman–Crippen LogP) is 3.21. The second-order valence-corrected chi connectivity index (χ2v) is 4.77. The summed E-state index contributed by atoms with van der Waals surface area (Å²) in [5, 5.41) is 9.68. The maximum Gasteiger partial charge on any atom is 0.140 e. The van der Waals surface area contributed by atoms with Crippen LogP contribution < -0.4 is 4.74 Å². The number of hydrogen-bond donors (Lipinski definition) is 0. The number of ether oxygens (including phenoxy) is 1. The SMILES string of the molecule is Cc1ccccc1OCc1nc(C)c(C#N)s1. The molecule has 1 aromatic heterocycles. The first kappa shape index (κ1) is 11.6. The molecule has 0 N–H and O–H groups in total. The average molecular weight is 244 g/mol. The fourth-order valence-electron chi connectivity index (χ4n) is 1.48. The summed E-state index contributed by atoms with van der Waals surface area (Å²) in [5.41, 5.74) is 1.88. The van der Waals surface area contributed by atoms with Crippen molar-refractivity contribution >= 4 is 11.3 Å². The topological polar surface area (TPSA) is 45.9 Å². The molecule has 0 aliphatic carbocycles. The largest absolute Gasteiger partial charge is 0.486 e. The van der Waals surface area contributed by atoms with E-state index in [2.05, 4.69) is 11.1 Å². The van der Waals surface area contributed by atoms with Crippen molar-refractivity contribution in [1.29, 1.82) is 5.26 Å². The van der Waals surface area contributed by atoms with Gasteiger partial charge in [-0.1, -0.05) is 18.2 Å². The summed E-state index contributed by atoms with van der Waals surface area (Å²) in [6.45, 7) is 4.26. The number of aryl methyl sites for hydroxylation is 2. The molecular formula is C13H12N2OS. The molecule has 0 saturated heterocycles. The number of thiazole rings is 1. The monoisotopic (exact) mass is 244 g/mol. The van der Waals surface area contributed by atoms with Gasteiger partial charge < -0.3 is 4.74 Å². The van der Waals surface area contributed by atoms with Crippen LogP contribution in [-0.2, 0) is 6.61 Å². The van der Waals surface area contributed by atoms with E-state index in [1.165, 1.54) is 11.3 Å². The highest BCUT2D eigenvalue weighted by Gasteiger charge is 2.07. The average Bonchev–Trinajstić information content (AvgIpc) is 2.69. The number of benzene rings is 1. The molecule has 0 amide bonds. The maximum atomic E-state index is 8.84. The second-order valence-electron chi connectivity index (χ2n) is 3.69. The Bertz CT molecular complexity index is 569. The van der Waals surface area contributed by atoms with E-state index in [4.69, 9.17) is 10.00 Å². The third-order valence-electron chi connectivity index (χ3n) is 2.39. The number of aromatic nitrogens is 1. The van der Waals surface area contributed by atoms with Crippen LogP contribution in [0.15, 0.2) is 24.3 Å². The van der Waals surface area contributed by atoms with Crippen LogP contribution in [-0.4, -0.2) is 4.98 Å². The van der Waals surface area contributed by atoms with E-state index in [1.54, 1.807) is 0 Å². The summed E-state index contributed by atoms with van der Waals surface area (Å²) in [5.74, 6) is 0.860. The van der Waals surface area contributed by atoms with Crippen molar-refractivity contribution in [3.05, 3.63) is 45.4 Å². The molecular weight excluding hydrogens is 232 g/mol. The molecule has 0 spiro atoms. The number of nitriles is 1. The Labute approximate surface area is 104 Å². The lowest BCUT2D eigenvalue weighted by molar-refractivity contribution is 0.303. The molecule has 2 aromatic rings. The lowest BCUT2D eigenvalue weighted by atomic mass is 10.2. The van der Waals surface area contributed by atoms with Gasteiger partial charge in [0, 0.05) is 0 Å². The van der Waals surface area contributed by atoms with Crippen LogP contribution in [0.2, 0.25) is 0 Å². The molecule has 1 aromatic carbocycles. The zero-order valence-corrected chi connectivity index (χ0v) is 10.5. The van der Waals surface area contributed by atoms with Crippen molar-refractivity contribution in [3.8, 4) is 11.8 Å². The zero-order chi connectivity index (χ0) is 12.3. The van der Waals surface area contributed by atoms with Crippen molar-refractivity contribution < 1.29 is 4.74 Å². The molecule has 0 aliphatic heterocycles. The van der Waals surface area contributed by atoms with Crippen molar-refractivity contribution in [1.82, 2.24) is 4.98 Å². The van der Waals surface area contributed by atoms with Crippen molar-refractivity contribution in [2.75, 3.05) is 0 Å². The number of nitrogens with zero attached hydrogens (tertiary/aromatic N) is 2. The van der Waals surface area contributed by atoms with Gasteiger partial charge in [-0.3, -0.25) is 0 Å². The van der Waals surface area contributed by atoms with Gasteiger partial charge in [-0.25, -0.2) is 4.98 Å². The smallest absolute Gasteiger partial charge is 0.140 e. The minimum atomic E-state index is 0.415. The number of para-hydroxylation sites is 1. The number of rotatable bonds is 3. The highest BCUT2D eigenvalue weighted by atomic mass is 32.1. The first-order chi connectivity index (χ1) is 8.20. The molecule has 86 valence electrons. The van der Waals surface area contributed by atoms with E-state index >= 15 is 0 Å². The third-order valence-corrected chi connectivity index (χ3v) is 3.42. The Balaban J connectivity index is 2.08. The van der Waals surface area contributed by atoms with Crippen molar-refractivity contribution in [3.63, 3.8) is 0 Å². The normalized spacial score (nSPS) is 9.94. The second kappa shape index (κ2) is 4.98. The summed E-state index contributed by atoms with van der Waals surface area (Å²) >= 11 is 1.39. The fraction of sp³-hybridized carbons (Fsp3) is 0.231. The first-order valence-electron chi connectivity index (χ1n) is 5.25. The van der Waals surface area contributed by atoms with Gasteiger partial charge in [-0.15, -0.1) is 11.3 Å². The zero-order valence-electron chi connectivity index (χ0n) is 9.73. The van der Waals surface area contributed by atoms with Gasteiger partial charge in [-0.05, 0) is 25.5 Å². The lowest BCUT2D eigenvalue weighted by Crippen LogP contribution is -1.96. The Kier molecular flexibility index (Phi) is 3.40. The van der Waals surface area contributed by atoms with E-state index in [9.17, 15) is 0 Å². The molecule has 3 nitrogen and oxygen atoms in total. The third kappa shape index (κ3) is 2.63. The molecule has 0 aliphatic rings. The Morgan fingerprint density at radius 2 is 2.12 bits per heavy atom. The van der Waals surface area contributed by atoms with E-state index in [0.717, 1.165) is 22.0 Å². The van der Waals surface area contributed by atoms with Crippen LogP contribution >= 0.6 is 11.3 Å². The standard InChI is InChI=1S/C13H12N2OS/c1-9-5-3-4-6-11(9)16-8-13-15-10(2)12(7-14)17-13/h3-6H,8H2,1-2H3. The van der Waals surface area contributed by atoms with Crippen LogP contribution in [0.4, 0.5) is 0 Å². The minimum absolute atomic E-state index is 0.415. The van der Waals surface area contributed by atoms with E-state index in [-0.39, 0.29) is 0 Å². The van der Waals surface area contributed by atoms with Gasteiger partial charge in [0.2, 0.25) is 0 Å². The fourth-order valence-corrected chi connectivity index (χ4v) is 2.25. The summed E-state index contributed by atoms with van der Waals surface area (Å²) < 4.78 is 5.67. The van der Waals surface area contributed by atoms with Gasteiger partial charge >= 0.3 is 0 Å². The molecule has 0 bridgehead atoms. The van der Waals surface area contributed by atoms with Crippen molar-refractivity contribution in [2.45, 2.75) is 20.5 Å². The van der Waals surface area contributed by atoms with Gasteiger partial charge in [0.05, 0.1) is 5.69 Å². The van der Waals surface area contributed by atoms with Crippen LogP contribution in [0.25, 0.3) is 0 Å². The van der Waals surface area contributed by atoms with E-state index < -0.39 is 0 Å². The summed E-state index contributed by atoms with van der Waals surface area (Å²) in [7, 11) is 0. The van der Waals surface area contributed by atoms with Gasteiger partial charge in [0.25, 0.3) is 0 Å². The molecule has 1 heterocycles. The van der Waals surface area contributed by atoms with Gasteiger partial charge in [-0.2, -0.15) is 5.26 Å². The van der Waals surface area contributed by atoms with E-state index in [0.29, 0.717) is 11.5 Å². The molecule has 0 fully saturated rings. The highest BCUT2D eigenvalue weighted by molar-refractivity contribution is 7.12. The maximum absolute atomic E-state index is 8.84. The molecule has 0 radical (unpaired) electrons. The summed E-state index contributed by atoms with van der Waals surface area (Å²) in [4.78, 5) is 4.96. The Hall–Kier alpha value is -1.86. The van der Waals surface area contributed by atoms with Crippen molar-refractivity contribution in [2.24, 2.45) is 0 Å². The van der Waals surface area contributed by atoms with Gasteiger partial charge in [0.1, 0.15) is 28.3 Å². The minimum Gasteiger partial charge on any atom is -0.486 e. The molecule has 4 heteroatoms. The molecule has 17 heavy (non-hydrogen) atoms. The summed E-state index contributed by atoms with van der Waals surface area (Å²) in [6, 6.07) is 9.98. The molecule has 0 saturated carbocycles. The summed E-state index contributed by atoms with van der Waals surface area (Å²) in [6.07, 6.45) is 0. The van der Waals surface area contributed by atoms with Gasteiger partial charge in [0.15, 0.2) is 0 Å². The molecule has 0 atom stereocenters. The van der Waals surface area contributed by atoms with Crippen LogP contribution in [0, 0.1) is 25.2 Å². The number of hydrogen-bond acceptors (Lipinski definition) is 4. The van der Waals surface area contributed by atoms with Crippen LogP contribution in [0.1, 0.15) is 21.1 Å². The van der Waals surface area contributed by atoms with Crippen LogP contribution in [0.5, 0.6) is 5.75 Å².